The lowest BCUT2D eigenvalue weighted by atomic mass is 9.95. The molecule has 2 N–H and O–H groups in total. The first-order valence-electron chi connectivity index (χ1n) is 7.28. The molecule has 3 nitrogen and oxygen atoms in total. The zero-order valence-electron chi connectivity index (χ0n) is 12.5. The Kier molecular flexibility index (Phi) is 4.97. The van der Waals surface area contributed by atoms with Gasteiger partial charge in [-0.3, -0.25) is 0 Å². The van der Waals surface area contributed by atoms with Gasteiger partial charge in [-0.25, -0.2) is 0 Å². The molecule has 0 saturated carbocycles. The standard InChI is InChI=1S/C16H27N3/c1-13-4-5-15(10-14(13)2)16(11-17)12-19-8-6-18(3)7-9-19/h4-5,10,16H,6-9,11-12,17H2,1-3H3. The van der Waals surface area contributed by atoms with Crippen LogP contribution in [0.1, 0.15) is 22.6 Å². The summed E-state index contributed by atoms with van der Waals surface area (Å²) < 4.78 is 0. The van der Waals surface area contributed by atoms with E-state index in [1.807, 2.05) is 0 Å². The van der Waals surface area contributed by atoms with E-state index in [-0.39, 0.29) is 0 Å². The summed E-state index contributed by atoms with van der Waals surface area (Å²) in [5.41, 5.74) is 10.1. The monoisotopic (exact) mass is 261 g/mol. The van der Waals surface area contributed by atoms with Gasteiger partial charge in [0.1, 0.15) is 0 Å². The molecule has 1 heterocycles. The lowest BCUT2D eigenvalue weighted by Crippen LogP contribution is -2.46. The Morgan fingerprint density at radius 3 is 2.37 bits per heavy atom. The molecule has 0 radical (unpaired) electrons. The number of nitrogens with zero attached hydrogens (tertiary/aromatic N) is 2. The number of benzene rings is 1. The van der Waals surface area contributed by atoms with Gasteiger partial charge in [0.25, 0.3) is 0 Å². The van der Waals surface area contributed by atoms with E-state index in [0.717, 1.165) is 26.2 Å². The zero-order valence-corrected chi connectivity index (χ0v) is 12.5. The average molecular weight is 261 g/mol. The van der Waals surface area contributed by atoms with Gasteiger partial charge in [-0.1, -0.05) is 18.2 Å². The molecule has 1 aromatic rings. The lowest BCUT2D eigenvalue weighted by Gasteiger charge is -2.34. The van der Waals surface area contributed by atoms with Crippen LogP contribution in [0, 0.1) is 13.8 Å². The average Bonchev–Trinajstić information content (AvgIpc) is 2.41. The van der Waals surface area contributed by atoms with Crippen LogP contribution >= 0.6 is 0 Å². The minimum absolute atomic E-state index is 0.461. The van der Waals surface area contributed by atoms with Gasteiger partial charge >= 0.3 is 0 Å². The van der Waals surface area contributed by atoms with Crippen LogP contribution in [0.15, 0.2) is 18.2 Å². The molecule has 1 atom stereocenters. The molecule has 1 aromatic carbocycles. The summed E-state index contributed by atoms with van der Waals surface area (Å²) in [6.07, 6.45) is 0. The fourth-order valence-corrected chi connectivity index (χ4v) is 2.68. The quantitative estimate of drug-likeness (QED) is 0.893. The van der Waals surface area contributed by atoms with Crippen molar-refractivity contribution >= 4 is 0 Å². The smallest absolute Gasteiger partial charge is 0.0110 e. The largest absolute Gasteiger partial charge is 0.330 e. The molecule has 1 saturated heterocycles. The van der Waals surface area contributed by atoms with Crippen molar-refractivity contribution in [3.63, 3.8) is 0 Å². The van der Waals surface area contributed by atoms with Crippen LogP contribution < -0.4 is 5.73 Å². The second kappa shape index (κ2) is 6.51. The summed E-state index contributed by atoms with van der Waals surface area (Å²) in [5.74, 6) is 0.461. The Morgan fingerprint density at radius 2 is 1.79 bits per heavy atom. The summed E-state index contributed by atoms with van der Waals surface area (Å²) in [6.45, 7) is 10.8. The predicted octanol–water partition coefficient (Wildman–Crippen LogP) is 1.59. The third-order valence-electron chi connectivity index (χ3n) is 4.36. The summed E-state index contributed by atoms with van der Waals surface area (Å²) >= 11 is 0. The van der Waals surface area contributed by atoms with Crippen molar-refractivity contribution in [1.82, 2.24) is 9.80 Å². The highest BCUT2D eigenvalue weighted by Crippen LogP contribution is 2.20. The molecule has 0 aromatic heterocycles. The molecular weight excluding hydrogens is 234 g/mol. The highest BCUT2D eigenvalue weighted by molar-refractivity contribution is 5.32. The van der Waals surface area contributed by atoms with Crippen molar-refractivity contribution in [3.05, 3.63) is 34.9 Å². The maximum Gasteiger partial charge on any atom is 0.0110 e. The van der Waals surface area contributed by atoms with Crippen molar-refractivity contribution < 1.29 is 0 Å². The van der Waals surface area contributed by atoms with Crippen LogP contribution in [0.4, 0.5) is 0 Å². The van der Waals surface area contributed by atoms with E-state index in [2.05, 4.69) is 48.9 Å². The molecule has 19 heavy (non-hydrogen) atoms. The van der Waals surface area contributed by atoms with Crippen LogP contribution in [0.5, 0.6) is 0 Å². The molecule has 3 heteroatoms. The van der Waals surface area contributed by atoms with Gasteiger partial charge in [0, 0.05) is 45.2 Å². The first kappa shape index (κ1) is 14.5. The maximum absolute atomic E-state index is 6.00. The van der Waals surface area contributed by atoms with Gasteiger partial charge < -0.3 is 15.5 Å². The van der Waals surface area contributed by atoms with Crippen molar-refractivity contribution in [2.45, 2.75) is 19.8 Å². The number of rotatable bonds is 4. The second-order valence-corrected chi connectivity index (χ2v) is 5.88. The molecule has 0 spiro atoms. The van der Waals surface area contributed by atoms with E-state index in [1.54, 1.807) is 0 Å². The zero-order chi connectivity index (χ0) is 13.8. The maximum atomic E-state index is 6.00. The Morgan fingerprint density at radius 1 is 1.11 bits per heavy atom. The highest BCUT2D eigenvalue weighted by Gasteiger charge is 2.19. The van der Waals surface area contributed by atoms with Crippen molar-refractivity contribution in [3.8, 4) is 0 Å². The third kappa shape index (κ3) is 3.78. The van der Waals surface area contributed by atoms with Gasteiger partial charge in [-0.2, -0.15) is 0 Å². The number of piperazine rings is 1. The van der Waals surface area contributed by atoms with Crippen molar-refractivity contribution in [2.75, 3.05) is 46.3 Å². The Bertz CT molecular complexity index is 408. The summed E-state index contributed by atoms with van der Waals surface area (Å²) in [6, 6.07) is 6.77. The molecule has 1 unspecified atom stereocenters. The minimum Gasteiger partial charge on any atom is -0.330 e. The molecule has 106 valence electrons. The van der Waals surface area contributed by atoms with Crippen LogP contribution in [-0.2, 0) is 0 Å². The number of aryl methyl sites for hydroxylation is 2. The van der Waals surface area contributed by atoms with Gasteiger partial charge in [-0.15, -0.1) is 0 Å². The van der Waals surface area contributed by atoms with Crippen LogP contribution in [0.25, 0.3) is 0 Å². The minimum atomic E-state index is 0.461. The fourth-order valence-electron chi connectivity index (χ4n) is 2.68. The second-order valence-electron chi connectivity index (χ2n) is 5.88. The van der Waals surface area contributed by atoms with Gasteiger partial charge in [0.15, 0.2) is 0 Å². The Labute approximate surface area is 117 Å². The van der Waals surface area contributed by atoms with Crippen LogP contribution in [0.3, 0.4) is 0 Å². The van der Waals surface area contributed by atoms with Gasteiger partial charge in [0.05, 0.1) is 0 Å². The van der Waals surface area contributed by atoms with Crippen LogP contribution in [0.2, 0.25) is 0 Å². The number of hydrogen-bond acceptors (Lipinski definition) is 3. The Balaban J connectivity index is 2.01. The molecule has 1 aliphatic heterocycles. The molecule has 2 rings (SSSR count). The first-order chi connectivity index (χ1) is 9.10. The van der Waals surface area contributed by atoms with E-state index in [9.17, 15) is 0 Å². The molecule has 0 amide bonds. The number of likely N-dealkylation sites (N-methyl/N-ethyl adjacent to an activating group) is 1. The topological polar surface area (TPSA) is 32.5 Å². The first-order valence-corrected chi connectivity index (χ1v) is 7.28. The van der Waals surface area contributed by atoms with Crippen molar-refractivity contribution in [2.24, 2.45) is 5.73 Å². The molecular formula is C16H27N3. The van der Waals surface area contributed by atoms with Crippen molar-refractivity contribution in [1.29, 1.82) is 0 Å². The van der Waals surface area contributed by atoms with E-state index in [1.165, 1.54) is 29.8 Å². The van der Waals surface area contributed by atoms with E-state index < -0.39 is 0 Å². The lowest BCUT2D eigenvalue weighted by molar-refractivity contribution is 0.147. The summed E-state index contributed by atoms with van der Waals surface area (Å²) in [5, 5.41) is 0. The molecule has 0 aliphatic carbocycles. The van der Waals surface area contributed by atoms with E-state index in [0.29, 0.717) is 5.92 Å². The van der Waals surface area contributed by atoms with E-state index >= 15 is 0 Å². The molecule has 0 bridgehead atoms. The van der Waals surface area contributed by atoms with Gasteiger partial charge in [-0.05, 0) is 37.6 Å². The fraction of sp³-hybridized carbons (Fsp3) is 0.625. The SMILES string of the molecule is Cc1ccc(C(CN)CN2CCN(C)CC2)cc1C. The molecule has 1 aliphatic rings. The van der Waals surface area contributed by atoms with Gasteiger partial charge in [0.2, 0.25) is 0 Å². The predicted molar refractivity (Wildman–Crippen MR) is 81.6 cm³/mol. The normalized spacial score (nSPS) is 19.6. The molecule has 1 fully saturated rings. The Hall–Kier alpha value is -0.900. The van der Waals surface area contributed by atoms with E-state index in [4.69, 9.17) is 5.73 Å². The third-order valence-corrected chi connectivity index (χ3v) is 4.36. The highest BCUT2D eigenvalue weighted by atomic mass is 15.2. The summed E-state index contributed by atoms with van der Waals surface area (Å²) in [4.78, 5) is 4.94. The summed E-state index contributed by atoms with van der Waals surface area (Å²) in [7, 11) is 2.20. The number of hydrogen-bond donors (Lipinski definition) is 1. The van der Waals surface area contributed by atoms with Crippen LogP contribution in [-0.4, -0.2) is 56.1 Å². The number of nitrogens with two attached hydrogens (primary N) is 1.